The summed E-state index contributed by atoms with van der Waals surface area (Å²) in [4.78, 5) is 8.00. The van der Waals surface area contributed by atoms with Gasteiger partial charge in [0.15, 0.2) is 23.4 Å². The van der Waals surface area contributed by atoms with E-state index in [1.807, 2.05) is 30.5 Å². The topological polar surface area (TPSA) is 67.6 Å². The lowest BCUT2D eigenvalue weighted by atomic mass is 10.3. The molecule has 0 aliphatic rings. The highest BCUT2D eigenvalue weighted by molar-refractivity contribution is 7.09. The Hall–Kier alpha value is -2.94. The summed E-state index contributed by atoms with van der Waals surface area (Å²) in [5.74, 6) is 2.27. The van der Waals surface area contributed by atoms with Crippen molar-refractivity contribution < 1.29 is 9.13 Å². The van der Waals surface area contributed by atoms with Gasteiger partial charge in [0, 0.05) is 25.5 Å². The highest BCUT2D eigenvalue weighted by Crippen LogP contribution is 2.15. The Morgan fingerprint density at radius 2 is 2.10 bits per heavy atom. The molecule has 0 aliphatic carbocycles. The molecule has 1 aromatic carbocycles. The molecule has 0 atom stereocenters. The zero-order valence-corrected chi connectivity index (χ0v) is 18.3. The molecule has 2 aromatic heterocycles. The number of rotatable bonds is 9. The van der Waals surface area contributed by atoms with Gasteiger partial charge in [-0.05, 0) is 36.9 Å². The Morgan fingerprint density at radius 3 is 2.80 bits per heavy atom. The van der Waals surface area contributed by atoms with Crippen molar-refractivity contribution in [2.75, 3.05) is 26.7 Å². The first-order chi connectivity index (χ1) is 14.5. The fourth-order valence-corrected chi connectivity index (χ4v) is 3.47. The van der Waals surface area contributed by atoms with Gasteiger partial charge in [0.05, 0.1) is 6.54 Å². The van der Waals surface area contributed by atoms with Crippen molar-refractivity contribution in [3.8, 4) is 5.75 Å². The molecule has 0 spiro atoms. The van der Waals surface area contributed by atoms with Crippen LogP contribution >= 0.6 is 11.3 Å². The second kappa shape index (κ2) is 10.7. The number of halogens is 1. The Labute approximate surface area is 180 Å². The summed E-state index contributed by atoms with van der Waals surface area (Å²) in [7, 11) is 3.86. The number of benzene rings is 1. The van der Waals surface area contributed by atoms with Gasteiger partial charge in [0.25, 0.3) is 0 Å². The largest absolute Gasteiger partial charge is 0.489 e. The van der Waals surface area contributed by atoms with E-state index in [0.29, 0.717) is 19.7 Å². The fraction of sp³-hybridized carbons (Fsp3) is 0.381. The number of thiophene rings is 1. The Balaban J connectivity index is 1.60. The first-order valence-corrected chi connectivity index (χ1v) is 10.7. The number of hydrogen-bond donors (Lipinski definition) is 1. The van der Waals surface area contributed by atoms with E-state index in [1.165, 1.54) is 10.9 Å². The van der Waals surface area contributed by atoms with E-state index in [4.69, 9.17) is 9.73 Å². The first-order valence-electron chi connectivity index (χ1n) is 9.78. The molecule has 0 saturated carbocycles. The summed E-state index contributed by atoms with van der Waals surface area (Å²) in [5.41, 5.74) is 0. The highest BCUT2D eigenvalue weighted by Gasteiger charge is 2.10. The van der Waals surface area contributed by atoms with Crippen LogP contribution in [-0.4, -0.2) is 52.4 Å². The minimum atomic E-state index is -0.360. The van der Waals surface area contributed by atoms with Gasteiger partial charge < -0.3 is 19.5 Å². The number of aliphatic imine (C=N–C) groups is 1. The molecule has 160 valence electrons. The summed E-state index contributed by atoms with van der Waals surface area (Å²) < 4.78 is 21.2. The van der Waals surface area contributed by atoms with Crippen LogP contribution in [0.15, 0.2) is 46.8 Å². The zero-order chi connectivity index (χ0) is 21.3. The SMILES string of the molecule is Cc1nnc(CN=C(NCCc2cccs2)N(C)CCOc2ccccc2F)n1C. The predicted octanol–water partition coefficient (Wildman–Crippen LogP) is 3.02. The number of aryl methyl sites for hydroxylation is 1. The lowest BCUT2D eigenvalue weighted by Crippen LogP contribution is -2.41. The molecule has 7 nitrogen and oxygen atoms in total. The molecule has 0 fully saturated rings. The molecule has 0 bridgehead atoms. The van der Waals surface area contributed by atoms with Gasteiger partial charge in [0.2, 0.25) is 0 Å². The maximum Gasteiger partial charge on any atom is 0.194 e. The molecule has 1 N–H and O–H groups in total. The van der Waals surface area contributed by atoms with Crippen molar-refractivity contribution in [3.63, 3.8) is 0 Å². The third kappa shape index (κ3) is 6.03. The molecule has 3 aromatic rings. The first kappa shape index (κ1) is 21.8. The zero-order valence-electron chi connectivity index (χ0n) is 17.5. The normalized spacial score (nSPS) is 11.5. The summed E-state index contributed by atoms with van der Waals surface area (Å²) in [6.45, 7) is 3.97. The van der Waals surface area contributed by atoms with Gasteiger partial charge in [-0.25, -0.2) is 9.38 Å². The second-order valence-electron chi connectivity index (χ2n) is 6.82. The third-order valence-electron chi connectivity index (χ3n) is 4.67. The standard InChI is InChI=1S/C21H27FN6OS/c1-16-25-26-20(28(16)3)15-24-21(23-11-10-17-7-6-14-30-17)27(2)12-13-29-19-9-5-4-8-18(19)22/h4-9,14H,10-13,15H2,1-3H3,(H,23,24). The van der Waals surface area contributed by atoms with E-state index in [2.05, 4.69) is 33.0 Å². The molecule has 0 aliphatic heterocycles. The van der Waals surface area contributed by atoms with Crippen molar-refractivity contribution in [1.29, 1.82) is 0 Å². The van der Waals surface area contributed by atoms with E-state index in [9.17, 15) is 4.39 Å². The maximum atomic E-state index is 13.7. The molecule has 3 rings (SSSR count). The predicted molar refractivity (Wildman–Crippen MR) is 117 cm³/mol. The highest BCUT2D eigenvalue weighted by atomic mass is 32.1. The fourth-order valence-electron chi connectivity index (χ4n) is 2.76. The monoisotopic (exact) mass is 430 g/mol. The van der Waals surface area contributed by atoms with Gasteiger partial charge in [-0.3, -0.25) is 0 Å². The van der Waals surface area contributed by atoms with Gasteiger partial charge in [0.1, 0.15) is 19.0 Å². The van der Waals surface area contributed by atoms with Crippen LogP contribution in [0.5, 0.6) is 5.75 Å². The van der Waals surface area contributed by atoms with E-state index < -0.39 is 0 Å². The maximum absolute atomic E-state index is 13.7. The molecular formula is C21H27FN6OS. The average molecular weight is 431 g/mol. The van der Waals surface area contributed by atoms with E-state index in [-0.39, 0.29) is 11.6 Å². The van der Waals surface area contributed by atoms with Gasteiger partial charge in [-0.15, -0.1) is 21.5 Å². The van der Waals surface area contributed by atoms with Gasteiger partial charge >= 0.3 is 0 Å². The lowest BCUT2D eigenvalue weighted by molar-refractivity contribution is 0.270. The van der Waals surface area contributed by atoms with E-state index in [1.54, 1.807) is 29.5 Å². The van der Waals surface area contributed by atoms with Crippen LogP contribution in [0.4, 0.5) is 4.39 Å². The Bertz CT molecular complexity index is 956. The molecular weight excluding hydrogens is 403 g/mol. The molecule has 0 amide bonds. The Morgan fingerprint density at radius 1 is 1.27 bits per heavy atom. The van der Waals surface area contributed by atoms with Gasteiger partial charge in [-0.1, -0.05) is 18.2 Å². The van der Waals surface area contributed by atoms with Crippen LogP contribution in [0.3, 0.4) is 0 Å². The summed E-state index contributed by atoms with van der Waals surface area (Å²) >= 11 is 1.74. The van der Waals surface area contributed by atoms with Crippen LogP contribution in [0.25, 0.3) is 0 Å². The van der Waals surface area contributed by atoms with Crippen molar-refractivity contribution in [1.82, 2.24) is 25.0 Å². The average Bonchev–Trinajstić information content (AvgIpc) is 3.37. The van der Waals surface area contributed by atoms with Crippen LogP contribution in [0.2, 0.25) is 0 Å². The van der Waals surface area contributed by atoms with Crippen LogP contribution < -0.4 is 10.1 Å². The van der Waals surface area contributed by atoms with Crippen molar-refractivity contribution in [2.45, 2.75) is 19.9 Å². The van der Waals surface area contributed by atoms with Crippen molar-refractivity contribution in [3.05, 3.63) is 64.1 Å². The number of nitrogens with zero attached hydrogens (tertiary/aromatic N) is 5. The number of nitrogens with one attached hydrogen (secondary N) is 1. The molecule has 0 unspecified atom stereocenters. The molecule has 0 radical (unpaired) electrons. The number of ether oxygens (including phenoxy) is 1. The van der Waals surface area contributed by atoms with Crippen molar-refractivity contribution >= 4 is 17.3 Å². The quantitative estimate of drug-likeness (QED) is 0.418. The van der Waals surface area contributed by atoms with Crippen LogP contribution in [0.1, 0.15) is 16.5 Å². The number of guanidine groups is 1. The minimum Gasteiger partial charge on any atom is -0.489 e. The molecule has 30 heavy (non-hydrogen) atoms. The molecule has 0 saturated heterocycles. The second-order valence-corrected chi connectivity index (χ2v) is 7.85. The van der Waals surface area contributed by atoms with E-state index >= 15 is 0 Å². The Kier molecular flexibility index (Phi) is 7.78. The van der Waals surface area contributed by atoms with Crippen LogP contribution in [-0.2, 0) is 20.0 Å². The third-order valence-corrected chi connectivity index (χ3v) is 5.61. The lowest BCUT2D eigenvalue weighted by Gasteiger charge is -2.22. The molecule has 9 heteroatoms. The summed E-state index contributed by atoms with van der Waals surface area (Å²) in [6.07, 6.45) is 0.916. The molecule has 2 heterocycles. The summed E-state index contributed by atoms with van der Waals surface area (Å²) in [6, 6.07) is 10.6. The number of hydrogen-bond acceptors (Lipinski definition) is 5. The number of para-hydroxylation sites is 1. The number of likely N-dealkylation sites (N-methyl/N-ethyl adjacent to an activating group) is 1. The number of aromatic nitrogens is 3. The van der Waals surface area contributed by atoms with E-state index in [0.717, 1.165) is 30.6 Å². The smallest absolute Gasteiger partial charge is 0.194 e. The van der Waals surface area contributed by atoms with Crippen LogP contribution in [0, 0.1) is 12.7 Å². The summed E-state index contributed by atoms with van der Waals surface area (Å²) in [5, 5.41) is 13.7. The van der Waals surface area contributed by atoms with Gasteiger partial charge in [-0.2, -0.15) is 0 Å². The van der Waals surface area contributed by atoms with Crippen molar-refractivity contribution in [2.24, 2.45) is 12.0 Å². The minimum absolute atomic E-state index is 0.254.